The van der Waals surface area contributed by atoms with Gasteiger partial charge in [-0.2, -0.15) is 0 Å². The standard InChI is InChI=1S/C67H118O12/c1-4-7-10-13-16-19-22-25-27-29-30-32-34-37-40-43-46-49-52-55-61(70)78-65-63(72)62(71)64(66(73)74)79-67(65)76-57-58(77-60(69)54-51-48-45-42-39-35-24-21-18-15-12-9-6-3)56-75-59(68)53-50-47-44-41-38-36-33-31-28-26-23-20-17-14-11-8-5-2/h9,12,18,21,25,27,35,39,58,62-65,67,71-72H,4-8,10-11,13-17,19-20,22-24,26,28-34,36-38,40-57H2,1-3H3,(H,73,74)/b12-9-,21-18-,27-25-,39-35-. The van der Waals surface area contributed by atoms with Crippen LogP contribution >= 0.6 is 0 Å². The molecule has 1 aliphatic rings. The first kappa shape index (κ1) is 73.7. The molecule has 6 atom stereocenters. The van der Waals surface area contributed by atoms with Crippen LogP contribution < -0.4 is 0 Å². The zero-order valence-corrected chi connectivity index (χ0v) is 50.6. The highest BCUT2D eigenvalue weighted by Crippen LogP contribution is 2.27. The van der Waals surface area contributed by atoms with Crippen molar-refractivity contribution in [3.63, 3.8) is 0 Å². The number of allylic oxidation sites excluding steroid dienone is 8. The molecule has 0 aromatic carbocycles. The Morgan fingerprint density at radius 1 is 0.430 bits per heavy atom. The SMILES string of the molecule is CC/C=C\C/C=C\C/C=C\CCCCCC(=O)OC(COC(=O)CCCCCCCCCCCCCCCCCCC)COC1OC(C(=O)O)C(O)C(O)C1OC(=O)CCCCCCCCCCC/C=C\CCCCCCCC. The first-order chi connectivity index (χ1) is 38.6. The number of hydrogen-bond donors (Lipinski definition) is 3. The highest BCUT2D eigenvalue weighted by atomic mass is 16.7. The smallest absolute Gasteiger partial charge is 0.335 e. The zero-order chi connectivity index (χ0) is 57.5. The second-order valence-corrected chi connectivity index (χ2v) is 22.4. The first-order valence-electron chi connectivity index (χ1n) is 32.6. The first-order valence-corrected chi connectivity index (χ1v) is 32.6. The molecule has 0 radical (unpaired) electrons. The van der Waals surface area contributed by atoms with E-state index in [2.05, 4.69) is 69.4 Å². The topological polar surface area (TPSA) is 175 Å². The van der Waals surface area contributed by atoms with E-state index >= 15 is 0 Å². The number of carboxylic acid groups (broad SMARTS) is 1. The predicted octanol–water partition coefficient (Wildman–Crippen LogP) is 17.3. The maximum atomic E-state index is 13.2. The number of ether oxygens (including phenoxy) is 5. The third-order valence-electron chi connectivity index (χ3n) is 14.9. The van der Waals surface area contributed by atoms with Gasteiger partial charge in [-0.05, 0) is 77.0 Å². The van der Waals surface area contributed by atoms with Crippen LogP contribution in [0.1, 0.15) is 303 Å². The van der Waals surface area contributed by atoms with E-state index in [4.69, 9.17) is 23.7 Å². The molecule has 0 aliphatic carbocycles. The van der Waals surface area contributed by atoms with Crippen molar-refractivity contribution in [3.05, 3.63) is 48.6 Å². The van der Waals surface area contributed by atoms with Crippen LogP contribution in [0.15, 0.2) is 48.6 Å². The molecule has 6 unspecified atom stereocenters. The molecule has 0 bridgehead atoms. The number of carbonyl (C=O) groups is 4. The monoisotopic (exact) mass is 1110 g/mol. The third-order valence-corrected chi connectivity index (χ3v) is 14.9. The highest BCUT2D eigenvalue weighted by molar-refractivity contribution is 5.74. The lowest BCUT2D eigenvalue weighted by Gasteiger charge is -2.40. The fourth-order valence-electron chi connectivity index (χ4n) is 9.91. The second-order valence-electron chi connectivity index (χ2n) is 22.4. The summed E-state index contributed by atoms with van der Waals surface area (Å²) in [5.41, 5.74) is 0. The number of carbonyl (C=O) groups excluding carboxylic acids is 3. The summed E-state index contributed by atoms with van der Waals surface area (Å²) in [5.74, 6) is -3.14. The molecule has 3 N–H and O–H groups in total. The molecular formula is C67H118O12. The van der Waals surface area contributed by atoms with E-state index in [1.165, 1.54) is 154 Å². The van der Waals surface area contributed by atoms with Crippen molar-refractivity contribution < 1.29 is 58.2 Å². The summed E-state index contributed by atoms with van der Waals surface area (Å²) < 4.78 is 28.5. The van der Waals surface area contributed by atoms with Gasteiger partial charge in [0.25, 0.3) is 0 Å². The van der Waals surface area contributed by atoms with Gasteiger partial charge in [0, 0.05) is 19.3 Å². The van der Waals surface area contributed by atoms with E-state index in [1.807, 2.05) is 0 Å². The van der Waals surface area contributed by atoms with E-state index < -0.39 is 67.3 Å². The average molecular weight is 1120 g/mol. The number of aliphatic hydroxyl groups excluding tert-OH is 2. The molecule has 458 valence electrons. The second kappa shape index (κ2) is 55.2. The molecule has 1 fully saturated rings. The molecule has 1 aliphatic heterocycles. The van der Waals surface area contributed by atoms with Crippen molar-refractivity contribution in [2.24, 2.45) is 0 Å². The van der Waals surface area contributed by atoms with E-state index in [9.17, 15) is 34.5 Å². The fourth-order valence-corrected chi connectivity index (χ4v) is 9.91. The molecule has 0 amide bonds. The minimum Gasteiger partial charge on any atom is -0.479 e. The molecule has 0 aromatic heterocycles. The van der Waals surface area contributed by atoms with Crippen molar-refractivity contribution in [2.45, 2.75) is 340 Å². The van der Waals surface area contributed by atoms with Crippen molar-refractivity contribution >= 4 is 23.9 Å². The molecule has 79 heavy (non-hydrogen) atoms. The van der Waals surface area contributed by atoms with Crippen molar-refractivity contribution in [3.8, 4) is 0 Å². The van der Waals surface area contributed by atoms with Gasteiger partial charge in [-0.1, -0.05) is 256 Å². The van der Waals surface area contributed by atoms with Gasteiger partial charge < -0.3 is 39.0 Å². The van der Waals surface area contributed by atoms with Crippen LogP contribution in [-0.2, 0) is 42.9 Å². The summed E-state index contributed by atoms with van der Waals surface area (Å²) in [6.45, 7) is 5.89. The minimum atomic E-state index is -1.91. The number of rotatable bonds is 56. The Balaban J connectivity index is 2.63. The molecule has 12 nitrogen and oxygen atoms in total. The van der Waals surface area contributed by atoms with Gasteiger partial charge in [0.1, 0.15) is 18.8 Å². The van der Waals surface area contributed by atoms with Gasteiger partial charge in [0.05, 0.1) is 6.61 Å². The predicted molar refractivity (Wildman–Crippen MR) is 322 cm³/mol. The van der Waals surface area contributed by atoms with Crippen LogP contribution in [0.25, 0.3) is 0 Å². The van der Waals surface area contributed by atoms with E-state index in [-0.39, 0.29) is 25.9 Å². The van der Waals surface area contributed by atoms with Crippen LogP contribution in [0.3, 0.4) is 0 Å². The summed E-state index contributed by atoms with van der Waals surface area (Å²) in [6, 6.07) is 0. The lowest BCUT2D eigenvalue weighted by Crippen LogP contribution is -2.61. The van der Waals surface area contributed by atoms with Crippen LogP contribution in [0.5, 0.6) is 0 Å². The number of carboxylic acids is 1. The van der Waals surface area contributed by atoms with Crippen LogP contribution in [-0.4, -0.2) is 89.2 Å². The molecule has 1 heterocycles. The van der Waals surface area contributed by atoms with Gasteiger partial charge in [-0.3, -0.25) is 14.4 Å². The van der Waals surface area contributed by atoms with Gasteiger partial charge in [0.2, 0.25) is 0 Å². The summed E-state index contributed by atoms with van der Waals surface area (Å²) >= 11 is 0. The molecule has 0 saturated carbocycles. The Kier molecular flexibility index (Phi) is 51.5. The number of esters is 3. The Morgan fingerprint density at radius 3 is 1.24 bits per heavy atom. The maximum Gasteiger partial charge on any atom is 0.335 e. The van der Waals surface area contributed by atoms with Crippen molar-refractivity contribution in [2.75, 3.05) is 13.2 Å². The third kappa shape index (κ3) is 45.0. The summed E-state index contributed by atoms with van der Waals surface area (Å²) in [4.78, 5) is 51.3. The van der Waals surface area contributed by atoms with Crippen LogP contribution in [0.2, 0.25) is 0 Å². The minimum absolute atomic E-state index is 0.0568. The summed E-state index contributed by atoms with van der Waals surface area (Å²) in [6.07, 6.45) is 55.1. The molecular weight excluding hydrogens is 997 g/mol. The van der Waals surface area contributed by atoms with E-state index in [1.54, 1.807) is 0 Å². The Hall–Kier alpha value is -3.32. The maximum absolute atomic E-state index is 13.2. The van der Waals surface area contributed by atoms with E-state index in [0.29, 0.717) is 19.3 Å². The zero-order valence-electron chi connectivity index (χ0n) is 50.6. The van der Waals surface area contributed by atoms with Crippen LogP contribution in [0.4, 0.5) is 0 Å². The largest absolute Gasteiger partial charge is 0.479 e. The molecule has 0 aromatic rings. The number of unbranched alkanes of at least 4 members (excludes halogenated alkanes) is 34. The van der Waals surface area contributed by atoms with Crippen molar-refractivity contribution in [1.29, 1.82) is 0 Å². The number of aliphatic hydroxyl groups is 2. The summed E-state index contributed by atoms with van der Waals surface area (Å²) in [5, 5.41) is 31.6. The molecule has 1 rings (SSSR count). The lowest BCUT2D eigenvalue weighted by atomic mass is 9.98. The molecule has 1 saturated heterocycles. The quantitative estimate of drug-likeness (QED) is 0.0228. The average Bonchev–Trinajstić information content (AvgIpc) is 3.43. The van der Waals surface area contributed by atoms with E-state index in [0.717, 1.165) is 89.9 Å². The van der Waals surface area contributed by atoms with Gasteiger partial charge in [-0.25, -0.2) is 4.79 Å². The van der Waals surface area contributed by atoms with Gasteiger partial charge >= 0.3 is 23.9 Å². The fraction of sp³-hybridized carbons (Fsp3) is 0.821. The molecule has 12 heteroatoms. The lowest BCUT2D eigenvalue weighted by molar-refractivity contribution is -0.301. The Morgan fingerprint density at radius 2 is 0.797 bits per heavy atom. The van der Waals surface area contributed by atoms with Gasteiger partial charge in [-0.15, -0.1) is 0 Å². The summed E-state index contributed by atoms with van der Waals surface area (Å²) in [7, 11) is 0. The normalized spacial score (nSPS) is 18.1. The Bertz CT molecular complexity index is 1560. The van der Waals surface area contributed by atoms with Crippen molar-refractivity contribution in [1.82, 2.24) is 0 Å². The number of aliphatic carboxylic acids is 1. The highest BCUT2D eigenvalue weighted by Gasteiger charge is 2.50. The molecule has 0 spiro atoms. The Labute approximate surface area is 482 Å². The van der Waals surface area contributed by atoms with Crippen LogP contribution in [0, 0.1) is 0 Å². The number of hydrogen-bond acceptors (Lipinski definition) is 11. The van der Waals surface area contributed by atoms with Gasteiger partial charge in [0.15, 0.2) is 24.6 Å².